The molecule has 0 spiro atoms. The SMILES string of the molecule is Cc1nc2cc(OCCC(C)C)cnc2n1C1CC(C)(O)C1. The van der Waals surface area contributed by atoms with Crippen molar-refractivity contribution >= 4 is 11.2 Å². The molecule has 120 valence electrons. The van der Waals surface area contributed by atoms with Crippen molar-refractivity contribution in [2.75, 3.05) is 6.61 Å². The lowest BCUT2D eigenvalue weighted by atomic mass is 9.77. The number of imidazole rings is 1. The molecule has 0 aromatic carbocycles. The smallest absolute Gasteiger partial charge is 0.160 e. The molecule has 5 heteroatoms. The molecule has 0 atom stereocenters. The Kier molecular flexibility index (Phi) is 3.85. The maximum Gasteiger partial charge on any atom is 0.160 e. The van der Waals surface area contributed by atoms with Crippen molar-refractivity contribution in [3.63, 3.8) is 0 Å². The third-order valence-corrected chi connectivity index (χ3v) is 4.36. The molecular formula is C17H25N3O2. The van der Waals surface area contributed by atoms with Gasteiger partial charge in [-0.05, 0) is 39.0 Å². The van der Waals surface area contributed by atoms with Gasteiger partial charge in [0.2, 0.25) is 0 Å². The molecule has 5 nitrogen and oxygen atoms in total. The van der Waals surface area contributed by atoms with Gasteiger partial charge in [-0.2, -0.15) is 0 Å². The number of aliphatic hydroxyl groups is 1. The second kappa shape index (κ2) is 5.54. The van der Waals surface area contributed by atoms with Gasteiger partial charge in [-0.15, -0.1) is 0 Å². The molecule has 3 rings (SSSR count). The molecule has 1 aliphatic carbocycles. The summed E-state index contributed by atoms with van der Waals surface area (Å²) < 4.78 is 7.90. The largest absolute Gasteiger partial charge is 0.492 e. The van der Waals surface area contributed by atoms with Gasteiger partial charge in [0.25, 0.3) is 0 Å². The Bertz CT molecular complexity index is 668. The fourth-order valence-electron chi connectivity index (χ4n) is 3.14. The number of fused-ring (bicyclic) bond motifs is 1. The lowest BCUT2D eigenvalue weighted by Crippen LogP contribution is -2.42. The van der Waals surface area contributed by atoms with Gasteiger partial charge < -0.3 is 14.4 Å². The van der Waals surface area contributed by atoms with E-state index >= 15 is 0 Å². The molecule has 0 saturated heterocycles. The van der Waals surface area contributed by atoms with Gasteiger partial charge >= 0.3 is 0 Å². The molecule has 0 unspecified atom stereocenters. The average Bonchev–Trinajstić information content (AvgIpc) is 2.70. The van der Waals surface area contributed by atoms with Crippen LogP contribution in [0.25, 0.3) is 11.2 Å². The molecule has 22 heavy (non-hydrogen) atoms. The lowest BCUT2D eigenvalue weighted by molar-refractivity contribution is -0.0504. The fraction of sp³-hybridized carbons (Fsp3) is 0.647. The summed E-state index contributed by atoms with van der Waals surface area (Å²) in [4.78, 5) is 9.15. The molecule has 0 radical (unpaired) electrons. The zero-order valence-electron chi connectivity index (χ0n) is 13.8. The normalized spacial score (nSPS) is 24.7. The summed E-state index contributed by atoms with van der Waals surface area (Å²) in [7, 11) is 0. The maximum atomic E-state index is 9.96. The third-order valence-electron chi connectivity index (χ3n) is 4.36. The van der Waals surface area contributed by atoms with Crippen molar-refractivity contribution in [1.29, 1.82) is 0 Å². The summed E-state index contributed by atoms with van der Waals surface area (Å²) >= 11 is 0. The summed E-state index contributed by atoms with van der Waals surface area (Å²) in [6.07, 6.45) is 4.32. The van der Waals surface area contributed by atoms with Gasteiger partial charge in [-0.1, -0.05) is 13.8 Å². The standard InChI is InChI=1S/C17H25N3O2/c1-11(2)5-6-22-14-7-15-16(18-10-14)20(12(3)19-15)13-8-17(4,21)9-13/h7,10-11,13,21H,5-6,8-9H2,1-4H3. The van der Waals surface area contributed by atoms with Crippen LogP contribution in [0, 0.1) is 12.8 Å². The van der Waals surface area contributed by atoms with E-state index in [2.05, 4.69) is 28.4 Å². The van der Waals surface area contributed by atoms with Crippen LogP contribution in [-0.4, -0.2) is 31.8 Å². The summed E-state index contributed by atoms with van der Waals surface area (Å²) in [5, 5.41) is 9.96. The predicted molar refractivity (Wildman–Crippen MR) is 86.1 cm³/mol. The van der Waals surface area contributed by atoms with Gasteiger partial charge in [-0.3, -0.25) is 0 Å². The van der Waals surface area contributed by atoms with E-state index in [1.54, 1.807) is 6.20 Å². The van der Waals surface area contributed by atoms with Gasteiger partial charge in [-0.25, -0.2) is 9.97 Å². The van der Waals surface area contributed by atoms with Crippen molar-refractivity contribution in [3.05, 3.63) is 18.1 Å². The van der Waals surface area contributed by atoms with E-state index in [1.807, 2.05) is 19.9 Å². The summed E-state index contributed by atoms with van der Waals surface area (Å²) in [5.74, 6) is 2.35. The Morgan fingerprint density at radius 1 is 1.45 bits per heavy atom. The van der Waals surface area contributed by atoms with Gasteiger partial charge in [0.05, 0.1) is 18.4 Å². The van der Waals surface area contributed by atoms with Crippen LogP contribution in [0.2, 0.25) is 0 Å². The van der Waals surface area contributed by atoms with Crippen LogP contribution in [0.15, 0.2) is 12.3 Å². The van der Waals surface area contributed by atoms with E-state index in [0.29, 0.717) is 18.6 Å². The molecule has 2 aromatic heterocycles. The Morgan fingerprint density at radius 3 is 2.82 bits per heavy atom. The minimum atomic E-state index is -0.548. The van der Waals surface area contributed by atoms with Crippen molar-refractivity contribution in [1.82, 2.24) is 14.5 Å². The number of nitrogens with zero attached hydrogens (tertiary/aromatic N) is 3. The number of hydrogen-bond donors (Lipinski definition) is 1. The molecule has 0 amide bonds. The number of hydrogen-bond acceptors (Lipinski definition) is 4. The highest BCUT2D eigenvalue weighted by molar-refractivity contribution is 5.73. The second-order valence-electron chi connectivity index (χ2n) is 7.13. The number of aromatic nitrogens is 3. The Labute approximate surface area is 131 Å². The van der Waals surface area contributed by atoms with E-state index < -0.39 is 5.60 Å². The maximum absolute atomic E-state index is 9.96. The monoisotopic (exact) mass is 303 g/mol. The van der Waals surface area contributed by atoms with Crippen molar-refractivity contribution in [2.24, 2.45) is 5.92 Å². The Morgan fingerprint density at radius 2 is 2.18 bits per heavy atom. The van der Waals surface area contributed by atoms with E-state index in [1.165, 1.54) is 0 Å². The summed E-state index contributed by atoms with van der Waals surface area (Å²) in [6, 6.07) is 2.25. The summed E-state index contributed by atoms with van der Waals surface area (Å²) in [6.45, 7) is 8.95. The lowest BCUT2D eigenvalue weighted by Gasteiger charge is -2.42. The molecule has 1 saturated carbocycles. The molecule has 2 heterocycles. The van der Waals surface area contributed by atoms with E-state index in [4.69, 9.17) is 4.74 Å². The van der Waals surface area contributed by atoms with E-state index in [0.717, 1.165) is 42.0 Å². The minimum Gasteiger partial charge on any atom is -0.492 e. The molecule has 0 bridgehead atoms. The first-order chi connectivity index (χ1) is 10.4. The number of ether oxygens (including phenoxy) is 1. The highest BCUT2D eigenvalue weighted by Gasteiger charge is 2.40. The zero-order chi connectivity index (χ0) is 15.9. The molecule has 1 aliphatic rings. The molecule has 0 aliphatic heterocycles. The first-order valence-corrected chi connectivity index (χ1v) is 8.05. The third kappa shape index (κ3) is 2.95. The highest BCUT2D eigenvalue weighted by atomic mass is 16.5. The van der Waals surface area contributed by atoms with Gasteiger partial charge in [0.1, 0.15) is 17.1 Å². The van der Waals surface area contributed by atoms with Gasteiger partial charge in [0, 0.05) is 12.1 Å². The Balaban J connectivity index is 1.80. The quantitative estimate of drug-likeness (QED) is 0.921. The van der Waals surface area contributed by atoms with Crippen LogP contribution >= 0.6 is 0 Å². The van der Waals surface area contributed by atoms with Crippen LogP contribution in [0.5, 0.6) is 5.75 Å². The van der Waals surface area contributed by atoms with Crippen LogP contribution < -0.4 is 4.74 Å². The molecule has 1 fully saturated rings. The van der Waals surface area contributed by atoms with Crippen LogP contribution in [0.1, 0.15) is 51.9 Å². The minimum absolute atomic E-state index is 0.292. The topological polar surface area (TPSA) is 60.2 Å². The first kappa shape index (κ1) is 15.3. The first-order valence-electron chi connectivity index (χ1n) is 8.05. The second-order valence-corrected chi connectivity index (χ2v) is 7.13. The number of rotatable bonds is 5. The van der Waals surface area contributed by atoms with E-state index in [-0.39, 0.29) is 0 Å². The zero-order valence-corrected chi connectivity index (χ0v) is 13.8. The van der Waals surface area contributed by atoms with Crippen molar-refractivity contribution in [3.8, 4) is 5.75 Å². The molecular weight excluding hydrogens is 278 g/mol. The average molecular weight is 303 g/mol. The summed E-state index contributed by atoms with van der Waals surface area (Å²) in [5.41, 5.74) is 1.20. The molecule has 1 N–H and O–H groups in total. The van der Waals surface area contributed by atoms with Crippen LogP contribution in [0.3, 0.4) is 0 Å². The highest BCUT2D eigenvalue weighted by Crippen LogP contribution is 2.42. The van der Waals surface area contributed by atoms with Crippen LogP contribution in [-0.2, 0) is 0 Å². The van der Waals surface area contributed by atoms with Crippen LogP contribution in [0.4, 0.5) is 0 Å². The number of pyridine rings is 1. The van der Waals surface area contributed by atoms with Crippen molar-refractivity contribution < 1.29 is 9.84 Å². The van der Waals surface area contributed by atoms with Gasteiger partial charge in [0.15, 0.2) is 5.65 Å². The van der Waals surface area contributed by atoms with E-state index in [9.17, 15) is 5.11 Å². The number of aryl methyl sites for hydroxylation is 1. The molecule has 2 aromatic rings. The van der Waals surface area contributed by atoms with Crippen molar-refractivity contribution in [2.45, 2.75) is 58.6 Å². The Hall–Kier alpha value is -1.62. The predicted octanol–water partition coefficient (Wildman–Crippen LogP) is 3.25. The fourth-order valence-corrected chi connectivity index (χ4v) is 3.14.